The second-order valence-electron chi connectivity index (χ2n) is 6.20. The molecule has 2 fully saturated rings. The van der Waals surface area contributed by atoms with E-state index in [9.17, 15) is 0 Å². The van der Waals surface area contributed by atoms with Gasteiger partial charge in [-0.2, -0.15) is 0 Å². The molecule has 0 amide bonds. The maximum atomic E-state index is 5.96. The number of rotatable bonds is 6. The normalized spacial score (nSPS) is 30.3. The largest absolute Gasteiger partial charge is 0.374 e. The highest BCUT2D eigenvalue weighted by Gasteiger charge is 2.29. The van der Waals surface area contributed by atoms with Gasteiger partial charge in [-0.15, -0.1) is 11.6 Å². The minimum absolute atomic E-state index is 0.396. The topological polar surface area (TPSA) is 15.7 Å². The zero-order valence-electron chi connectivity index (χ0n) is 12.5. The first-order valence-corrected chi connectivity index (χ1v) is 8.40. The minimum atomic E-state index is 0.396. The van der Waals surface area contributed by atoms with Crippen LogP contribution in [0.25, 0.3) is 0 Å². The first-order valence-electron chi connectivity index (χ1n) is 7.86. The average molecular weight is 289 g/mol. The van der Waals surface area contributed by atoms with E-state index in [1.54, 1.807) is 0 Å². The van der Waals surface area contributed by atoms with E-state index in [-0.39, 0.29) is 0 Å². The maximum Gasteiger partial charge on any atom is 0.0829 e. The van der Waals surface area contributed by atoms with Crippen molar-refractivity contribution in [3.8, 4) is 0 Å². The van der Waals surface area contributed by atoms with Crippen LogP contribution in [-0.2, 0) is 4.74 Å². The predicted octanol–water partition coefficient (Wildman–Crippen LogP) is 2.58. The van der Waals surface area contributed by atoms with E-state index in [1.807, 2.05) is 0 Å². The highest BCUT2D eigenvalue weighted by Crippen LogP contribution is 2.23. The molecule has 0 spiro atoms. The number of hydrogen-bond acceptors (Lipinski definition) is 3. The van der Waals surface area contributed by atoms with Crippen molar-refractivity contribution < 1.29 is 4.74 Å². The van der Waals surface area contributed by atoms with Crippen LogP contribution in [0.15, 0.2) is 0 Å². The van der Waals surface area contributed by atoms with Crippen LogP contribution in [0, 0.1) is 0 Å². The molecular formula is C15H29ClN2O. The Labute approximate surface area is 123 Å². The van der Waals surface area contributed by atoms with E-state index in [0.717, 1.165) is 44.6 Å². The van der Waals surface area contributed by atoms with Gasteiger partial charge in [0.2, 0.25) is 0 Å². The molecule has 0 bridgehead atoms. The van der Waals surface area contributed by atoms with Crippen molar-refractivity contribution in [2.24, 2.45) is 0 Å². The highest BCUT2D eigenvalue weighted by molar-refractivity contribution is 6.17. The third-order valence-corrected chi connectivity index (χ3v) is 4.78. The molecule has 0 aliphatic carbocycles. The molecule has 2 aliphatic heterocycles. The molecule has 0 aromatic rings. The summed E-state index contributed by atoms with van der Waals surface area (Å²) in [7, 11) is 0. The van der Waals surface area contributed by atoms with E-state index in [2.05, 4.69) is 23.6 Å². The summed E-state index contributed by atoms with van der Waals surface area (Å²) >= 11 is 5.82. The second-order valence-corrected chi connectivity index (χ2v) is 6.58. The lowest BCUT2D eigenvalue weighted by atomic mass is 10.1. The molecule has 0 N–H and O–H groups in total. The van der Waals surface area contributed by atoms with E-state index >= 15 is 0 Å². The Bertz CT molecular complexity index is 263. The van der Waals surface area contributed by atoms with Crippen LogP contribution in [0.4, 0.5) is 0 Å². The summed E-state index contributed by atoms with van der Waals surface area (Å²) in [5, 5.41) is 0. The summed E-state index contributed by atoms with van der Waals surface area (Å²) in [5.74, 6) is 0.797. The number of ether oxygens (including phenoxy) is 1. The standard InChI is InChI=1S/C15H29ClN2O/c1-13(2)17-9-10-19-15(11-17)12-18-8-4-6-14(18)5-3-7-16/h13-15H,3-12H2,1-2H3. The van der Waals surface area contributed by atoms with Crippen molar-refractivity contribution in [2.45, 2.75) is 57.7 Å². The second kappa shape index (κ2) is 7.82. The molecule has 2 heterocycles. The Kier molecular flexibility index (Phi) is 6.40. The lowest BCUT2D eigenvalue weighted by molar-refractivity contribution is -0.0537. The van der Waals surface area contributed by atoms with Crippen molar-refractivity contribution in [3.05, 3.63) is 0 Å². The first-order chi connectivity index (χ1) is 9.20. The van der Waals surface area contributed by atoms with Crippen LogP contribution in [-0.4, -0.2) is 66.7 Å². The number of alkyl halides is 1. The van der Waals surface area contributed by atoms with Crippen molar-refractivity contribution in [1.82, 2.24) is 9.80 Å². The fourth-order valence-corrected chi connectivity index (χ4v) is 3.51. The van der Waals surface area contributed by atoms with Crippen LogP contribution in [0.2, 0.25) is 0 Å². The maximum absolute atomic E-state index is 5.96. The van der Waals surface area contributed by atoms with Crippen LogP contribution < -0.4 is 0 Å². The number of halogens is 1. The van der Waals surface area contributed by atoms with Gasteiger partial charge in [0.05, 0.1) is 12.7 Å². The number of hydrogen-bond donors (Lipinski definition) is 0. The fourth-order valence-electron chi connectivity index (χ4n) is 3.36. The highest BCUT2D eigenvalue weighted by atomic mass is 35.5. The molecule has 2 atom stereocenters. The molecule has 3 nitrogen and oxygen atoms in total. The Morgan fingerprint density at radius 3 is 2.89 bits per heavy atom. The van der Waals surface area contributed by atoms with Crippen LogP contribution in [0.5, 0.6) is 0 Å². The number of morpholine rings is 1. The SMILES string of the molecule is CC(C)N1CCOC(CN2CCCC2CCCCl)C1. The average Bonchev–Trinajstić information content (AvgIpc) is 2.84. The fraction of sp³-hybridized carbons (Fsp3) is 1.00. The first kappa shape index (κ1) is 15.6. The van der Waals surface area contributed by atoms with Crippen molar-refractivity contribution in [2.75, 3.05) is 38.7 Å². The van der Waals surface area contributed by atoms with Crippen molar-refractivity contribution in [1.29, 1.82) is 0 Å². The number of likely N-dealkylation sites (tertiary alicyclic amines) is 1. The molecule has 2 saturated heterocycles. The van der Waals surface area contributed by atoms with Crippen LogP contribution in [0.3, 0.4) is 0 Å². The van der Waals surface area contributed by atoms with Crippen LogP contribution in [0.1, 0.15) is 39.5 Å². The smallest absolute Gasteiger partial charge is 0.0829 e. The van der Waals surface area contributed by atoms with Gasteiger partial charge in [-0.25, -0.2) is 0 Å². The van der Waals surface area contributed by atoms with Gasteiger partial charge in [0, 0.05) is 37.6 Å². The van der Waals surface area contributed by atoms with Crippen LogP contribution >= 0.6 is 11.6 Å². The summed E-state index contributed by atoms with van der Waals surface area (Å²) in [5.41, 5.74) is 0. The third-order valence-electron chi connectivity index (χ3n) is 4.51. The molecule has 2 aliphatic rings. The summed E-state index contributed by atoms with van der Waals surface area (Å²) in [6.45, 7) is 9.98. The molecule has 19 heavy (non-hydrogen) atoms. The molecular weight excluding hydrogens is 260 g/mol. The zero-order chi connectivity index (χ0) is 13.7. The lowest BCUT2D eigenvalue weighted by Crippen LogP contribution is -2.50. The van der Waals surface area contributed by atoms with Gasteiger partial charge in [-0.05, 0) is 46.1 Å². The Morgan fingerprint density at radius 2 is 2.16 bits per heavy atom. The van der Waals surface area contributed by atoms with E-state index in [4.69, 9.17) is 16.3 Å². The molecule has 4 heteroatoms. The predicted molar refractivity (Wildman–Crippen MR) is 81.0 cm³/mol. The van der Waals surface area contributed by atoms with Gasteiger partial charge in [0.25, 0.3) is 0 Å². The summed E-state index contributed by atoms with van der Waals surface area (Å²) in [6.07, 6.45) is 5.48. The molecule has 0 saturated carbocycles. The van der Waals surface area contributed by atoms with E-state index < -0.39 is 0 Å². The molecule has 0 aromatic carbocycles. The van der Waals surface area contributed by atoms with Gasteiger partial charge in [-0.1, -0.05) is 0 Å². The number of nitrogens with zero attached hydrogens (tertiary/aromatic N) is 2. The Morgan fingerprint density at radius 1 is 1.32 bits per heavy atom. The molecule has 2 unspecified atom stereocenters. The van der Waals surface area contributed by atoms with Gasteiger partial charge < -0.3 is 4.74 Å². The minimum Gasteiger partial charge on any atom is -0.374 e. The molecule has 2 rings (SSSR count). The summed E-state index contributed by atoms with van der Waals surface area (Å²) in [4.78, 5) is 5.18. The zero-order valence-corrected chi connectivity index (χ0v) is 13.2. The monoisotopic (exact) mass is 288 g/mol. The van der Waals surface area contributed by atoms with E-state index in [1.165, 1.54) is 25.8 Å². The van der Waals surface area contributed by atoms with E-state index in [0.29, 0.717) is 12.1 Å². The molecule has 0 aromatic heterocycles. The third kappa shape index (κ3) is 4.59. The molecule has 0 radical (unpaired) electrons. The Hall–Kier alpha value is 0.170. The summed E-state index contributed by atoms with van der Waals surface area (Å²) in [6, 6.07) is 1.38. The molecule has 112 valence electrons. The Balaban J connectivity index is 1.79. The van der Waals surface area contributed by atoms with Gasteiger partial charge in [0.1, 0.15) is 0 Å². The van der Waals surface area contributed by atoms with Gasteiger partial charge >= 0.3 is 0 Å². The van der Waals surface area contributed by atoms with Crippen molar-refractivity contribution in [3.63, 3.8) is 0 Å². The summed E-state index contributed by atoms with van der Waals surface area (Å²) < 4.78 is 5.96. The van der Waals surface area contributed by atoms with Crippen molar-refractivity contribution >= 4 is 11.6 Å². The van der Waals surface area contributed by atoms with Gasteiger partial charge in [0.15, 0.2) is 0 Å². The van der Waals surface area contributed by atoms with Gasteiger partial charge in [-0.3, -0.25) is 9.80 Å². The lowest BCUT2D eigenvalue weighted by Gasteiger charge is -2.38. The quantitative estimate of drug-likeness (QED) is 0.699.